The van der Waals surface area contributed by atoms with E-state index in [9.17, 15) is 19.5 Å². The van der Waals surface area contributed by atoms with Gasteiger partial charge in [-0.25, -0.2) is 4.79 Å². The van der Waals surface area contributed by atoms with Crippen LogP contribution in [0.15, 0.2) is 35.9 Å². The van der Waals surface area contributed by atoms with Crippen LogP contribution in [-0.4, -0.2) is 53.0 Å². The van der Waals surface area contributed by atoms with Crippen molar-refractivity contribution in [3.63, 3.8) is 0 Å². The highest BCUT2D eigenvalue weighted by atomic mass is 16.4. The number of amides is 2. The SMILES string of the molecule is CC(=C[C@H](C(C)C)N(C)C(=O)[C@@H](NC(=O)[C@H]1Cc2ccccc2CN1)C(C)(C)C)C(=O)O. The fraction of sp³-hybridized carbons (Fsp3) is 0.560. The normalized spacial score (nSPS) is 18.5. The van der Waals surface area contributed by atoms with E-state index in [-0.39, 0.29) is 23.3 Å². The summed E-state index contributed by atoms with van der Waals surface area (Å²) in [6, 6.07) is 6.46. The van der Waals surface area contributed by atoms with Crippen LogP contribution in [0.3, 0.4) is 0 Å². The second-order valence-corrected chi connectivity index (χ2v) is 10.1. The minimum atomic E-state index is -1.01. The molecule has 0 fully saturated rings. The van der Waals surface area contributed by atoms with Crippen molar-refractivity contribution in [2.45, 2.75) is 72.6 Å². The smallest absolute Gasteiger partial charge is 0.331 e. The molecule has 1 aliphatic heterocycles. The first-order valence-corrected chi connectivity index (χ1v) is 11.1. The van der Waals surface area contributed by atoms with Gasteiger partial charge in [0.15, 0.2) is 0 Å². The zero-order valence-corrected chi connectivity index (χ0v) is 20.2. The number of carboxylic acids is 1. The van der Waals surface area contributed by atoms with Crippen LogP contribution in [0.5, 0.6) is 0 Å². The summed E-state index contributed by atoms with van der Waals surface area (Å²) in [7, 11) is 1.67. The van der Waals surface area contributed by atoms with Gasteiger partial charge in [-0.15, -0.1) is 0 Å². The summed E-state index contributed by atoms with van der Waals surface area (Å²) < 4.78 is 0. The van der Waals surface area contributed by atoms with Crippen LogP contribution in [0.2, 0.25) is 0 Å². The second-order valence-electron chi connectivity index (χ2n) is 10.1. The Balaban J connectivity index is 2.22. The summed E-state index contributed by atoms with van der Waals surface area (Å²) in [4.78, 5) is 39.5. The summed E-state index contributed by atoms with van der Waals surface area (Å²) in [5, 5.41) is 15.5. The van der Waals surface area contributed by atoms with E-state index in [0.29, 0.717) is 13.0 Å². The molecule has 3 atom stereocenters. The standard InChI is InChI=1S/C25H37N3O4/c1-15(2)20(12-16(3)24(31)32)28(7)23(30)21(25(4,5)6)27-22(29)19-13-17-10-8-9-11-18(17)14-26-19/h8-12,15,19-21,26H,13-14H2,1-7H3,(H,27,29)(H,31,32)/t19-,20-,21-/m1/s1. The maximum atomic E-state index is 13.5. The van der Waals surface area contributed by atoms with Crippen molar-refractivity contribution in [1.29, 1.82) is 0 Å². The maximum absolute atomic E-state index is 13.5. The molecule has 7 nitrogen and oxygen atoms in total. The Morgan fingerprint density at radius 2 is 1.78 bits per heavy atom. The number of carbonyl (C=O) groups is 3. The molecule has 2 rings (SSSR count). The molecular weight excluding hydrogens is 406 g/mol. The van der Waals surface area contributed by atoms with Crippen LogP contribution in [-0.2, 0) is 27.3 Å². The van der Waals surface area contributed by atoms with Gasteiger partial charge in [-0.05, 0) is 35.8 Å². The topological polar surface area (TPSA) is 98.7 Å². The van der Waals surface area contributed by atoms with Crippen molar-refractivity contribution in [3.8, 4) is 0 Å². The molecule has 1 aromatic carbocycles. The number of aliphatic carboxylic acids is 1. The third-order valence-corrected chi connectivity index (χ3v) is 6.03. The van der Waals surface area contributed by atoms with Crippen molar-refractivity contribution < 1.29 is 19.5 Å². The highest BCUT2D eigenvalue weighted by molar-refractivity contribution is 5.91. The molecule has 32 heavy (non-hydrogen) atoms. The molecule has 0 bridgehead atoms. The average molecular weight is 444 g/mol. The van der Waals surface area contributed by atoms with Crippen LogP contribution < -0.4 is 10.6 Å². The number of carbonyl (C=O) groups excluding carboxylic acids is 2. The first-order chi connectivity index (χ1) is 14.8. The first kappa shape index (κ1) is 25.6. The third kappa shape index (κ3) is 6.19. The monoisotopic (exact) mass is 443 g/mol. The molecule has 0 radical (unpaired) electrons. The lowest BCUT2D eigenvalue weighted by molar-refractivity contribution is -0.140. The largest absolute Gasteiger partial charge is 0.478 e. The third-order valence-electron chi connectivity index (χ3n) is 6.03. The Morgan fingerprint density at radius 3 is 2.31 bits per heavy atom. The van der Waals surface area contributed by atoms with Crippen LogP contribution in [0.4, 0.5) is 0 Å². The van der Waals surface area contributed by atoms with Crippen molar-refractivity contribution in [2.24, 2.45) is 11.3 Å². The van der Waals surface area contributed by atoms with E-state index in [1.54, 1.807) is 18.0 Å². The van der Waals surface area contributed by atoms with Crippen LogP contribution in [0.1, 0.15) is 52.7 Å². The Bertz CT molecular complexity index is 885. The Morgan fingerprint density at radius 1 is 1.19 bits per heavy atom. The Hall–Kier alpha value is -2.67. The molecule has 1 aliphatic rings. The minimum Gasteiger partial charge on any atom is -0.478 e. The van der Waals surface area contributed by atoms with Gasteiger partial charge in [-0.3, -0.25) is 9.59 Å². The van der Waals surface area contributed by atoms with Crippen molar-refractivity contribution in [1.82, 2.24) is 15.5 Å². The number of benzene rings is 1. The molecule has 0 saturated carbocycles. The number of hydrogen-bond acceptors (Lipinski definition) is 4. The lowest BCUT2D eigenvalue weighted by atomic mass is 9.84. The number of fused-ring (bicyclic) bond motifs is 1. The number of likely N-dealkylation sites (N-methyl/N-ethyl adjacent to an activating group) is 1. The molecule has 1 heterocycles. The van der Waals surface area contributed by atoms with Crippen molar-refractivity contribution in [3.05, 3.63) is 47.0 Å². The van der Waals surface area contributed by atoms with E-state index >= 15 is 0 Å². The van der Waals surface area contributed by atoms with Gasteiger partial charge < -0.3 is 20.6 Å². The van der Waals surface area contributed by atoms with Crippen LogP contribution in [0, 0.1) is 11.3 Å². The van der Waals surface area contributed by atoms with Crippen molar-refractivity contribution >= 4 is 17.8 Å². The molecule has 0 unspecified atom stereocenters. The van der Waals surface area contributed by atoms with E-state index in [4.69, 9.17) is 0 Å². The lowest BCUT2D eigenvalue weighted by Crippen LogP contribution is -2.59. The minimum absolute atomic E-state index is 0.00563. The van der Waals surface area contributed by atoms with Gasteiger partial charge in [0.25, 0.3) is 0 Å². The zero-order valence-electron chi connectivity index (χ0n) is 20.2. The zero-order chi connectivity index (χ0) is 24.2. The summed E-state index contributed by atoms with van der Waals surface area (Å²) in [6.07, 6.45) is 2.17. The van der Waals surface area contributed by atoms with Crippen LogP contribution in [0.25, 0.3) is 0 Å². The highest BCUT2D eigenvalue weighted by Crippen LogP contribution is 2.24. The molecule has 2 amide bonds. The van der Waals surface area contributed by atoms with Gasteiger partial charge in [0.2, 0.25) is 11.8 Å². The summed E-state index contributed by atoms with van der Waals surface area (Å²) >= 11 is 0. The van der Waals surface area contributed by atoms with Gasteiger partial charge in [-0.1, -0.05) is 65.0 Å². The second kappa shape index (κ2) is 10.3. The number of nitrogens with zero attached hydrogens (tertiary/aromatic N) is 1. The predicted octanol–water partition coefficient (Wildman–Crippen LogP) is 2.75. The quantitative estimate of drug-likeness (QED) is 0.563. The number of rotatable bonds is 7. The summed E-state index contributed by atoms with van der Waals surface area (Å²) in [5.74, 6) is -1.46. The highest BCUT2D eigenvalue weighted by Gasteiger charge is 2.38. The van der Waals surface area contributed by atoms with Gasteiger partial charge >= 0.3 is 5.97 Å². The van der Waals surface area contributed by atoms with Crippen LogP contribution >= 0.6 is 0 Å². The fourth-order valence-corrected chi connectivity index (χ4v) is 3.96. The molecule has 3 N–H and O–H groups in total. The molecule has 0 aliphatic carbocycles. The average Bonchev–Trinajstić information content (AvgIpc) is 2.72. The fourth-order valence-electron chi connectivity index (χ4n) is 3.96. The molecule has 1 aromatic rings. The molecule has 0 aromatic heterocycles. The number of hydrogen-bond donors (Lipinski definition) is 3. The van der Waals surface area contributed by atoms with Gasteiger partial charge in [0.1, 0.15) is 6.04 Å². The summed E-state index contributed by atoms with van der Waals surface area (Å²) in [5.41, 5.74) is 1.97. The van der Waals surface area contributed by atoms with E-state index in [1.807, 2.05) is 58.9 Å². The van der Waals surface area contributed by atoms with E-state index in [0.717, 1.165) is 5.56 Å². The predicted molar refractivity (Wildman–Crippen MR) is 125 cm³/mol. The Kier molecular flexibility index (Phi) is 8.24. The van der Waals surface area contributed by atoms with Gasteiger partial charge in [0, 0.05) is 19.2 Å². The lowest BCUT2D eigenvalue weighted by Gasteiger charge is -2.38. The number of carboxylic acid groups (broad SMARTS) is 1. The molecular formula is C25H37N3O4. The molecule has 0 saturated heterocycles. The molecule has 176 valence electrons. The van der Waals surface area contributed by atoms with E-state index < -0.39 is 29.5 Å². The first-order valence-electron chi connectivity index (χ1n) is 11.1. The summed E-state index contributed by atoms with van der Waals surface area (Å²) in [6.45, 7) is 11.7. The molecule has 7 heteroatoms. The van der Waals surface area contributed by atoms with Gasteiger partial charge in [0.05, 0.1) is 12.1 Å². The molecule has 0 spiro atoms. The van der Waals surface area contributed by atoms with E-state index in [2.05, 4.69) is 10.6 Å². The number of nitrogens with one attached hydrogen (secondary N) is 2. The van der Waals surface area contributed by atoms with E-state index in [1.165, 1.54) is 12.5 Å². The maximum Gasteiger partial charge on any atom is 0.331 e. The van der Waals surface area contributed by atoms with Crippen molar-refractivity contribution in [2.75, 3.05) is 7.05 Å². The Labute approximate surface area is 191 Å². The van der Waals surface area contributed by atoms with Gasteiger partial charge in [-0.2, -0.15) is 0 Å².